The highest BCUT2D eigenvalue weighted by Gasteiger charge is 2.21. The Kier molecular flexibility index (Phi) is 7.07. The molecule has 126 valence electrons. The molecule has 0 saturated carbocycles. The van der Waals surface area contributed by atoms with E-state index in [0.29, 0.717) is 6.61 Å². The highest BCUT2D eigenvalue weighted by Crippen LogP contribution is 2.23. The van der Waals surface area contributed by atoms with E-state index in [1.165, 1.54) is 0 Å². The number of rotatable bonds is 9. The molecule has 9 heteroatoms. The first kappa shape index (κ1) is 18.5. The molecule has 1 aromatic carbocycles. The van der Waals surface area contributed by atoms with Crippen molar-refractivity contribution in [1.29, 1.82) is 0 Å². The van der Waals surface area contributed by atoms with Gasteiger partial charge in [0.25, 0.3) is 11.4 Å². The van der Waals surface area contributed by atoms with E-state index in [4.69, 9.17) is 9.47 Å². The molecule has 0 aliphatic heterocycles. The van der Waals surface area contributed by atoms with Gasteiger partial charge in [0.05, 0.1) is 28.1 Å². The summed E-state index contributed by atoms with van der Waals surface area (Å²) in [5.74, 6) is -0.872. The average molecular weight is 326 g/mol. The summed E-state index contributed by atoms with van der Waals surface area (Å²) in [6, 6.07) is 2.67. The van der Waals surface area contributed by atoms with E-state index in [2.05, 4.69) is 0 Å². The first-order chi connectivity index (χ1) is 10.8. The lowest BCUT2D eigenvalue weighted by atomic mass is 10.2. The number of nitro groups is 2. The number of hydrogen-bond donors (Lipinski definition) is 0. The minimum Gasteiger partial charge on any atom is -0.457 e. The van der Waals surface area contributed by atoms with Crippen molar-refractivity contribution >= 4 is 17.3 Å². The van der Waals surface area contributed by atoms with Crippen LogP contribution in [0.25, 0.3) is 0 Å². The minimum absolute atomic E-state index is 0.183. The standard InChI is InChI=1S/C14H18N2O7/c1-3-4-5-22-9-10(2)23-14(17)11-6-12(15(18)19)8-13(7-11)16(20)21/h6-8,10H,3-5,9H2,1-2H3. The fourth-order valence-electron chi connectivity index (χ4n) is 1.70. The van der Waals surface area contributed by atoms with Gasteiger partial charge in [0.15, 0.2) is 0 Å². The van der Waals surface area contributed by atoms with Gasteiger partial charge < -0.3 is 9.47 Å². The molecule has 1 unspecified atom stereocenters. The lowest BCUT2D eigenvalue weighted by molar-refractivity contribution is -0.394. The van der Waals surface area contributed by atoms with Crippen LogP contribution in [-0.4, -0.2) is 35.1 Å². The number of non-ortho nitro benzene ring substituents is 2. The van der Waals surface area contributed by atoms with Crippen molar-refractivity contribution in [3.05, 3.63) is 44.0 Å². The van der Waals surface area contributed by atoms with Gasteiger partial charge in [0.2, 0.25) is 0 Å². The van der Waals surface area contributed by atoms with Gasteiger partial charge in [-0.3, -0.25) is 20.2 Å². The number of carbonyl (C=O) groups is 1. The molecule has 0 aromatic heterocycles. The van der Waals surface area contributed by atoms with E-state index < -0.39 is 33.3 Å². The van der Waals surface area contributed by atoms with Gasteiger partial charge in [-0.05, 0) is 13.3 Å². The zero-order chi connectivity index (χ0) is 17.4. The third kappa shape index (κ3) is 5.99. The zero-order valence-corrected chi connectivity index (χ0v) is 12.9. The van der Waals surface area contributed by atoms with Crippen LogP contribution in [-0.2, 0) is 9.47 Å². The highest BCUT2D eigenvalue weighted by molar-refractivity contribution is 5.91. The fraction of sp³-hybridized carbons (Fsp3) is 0.500. The zero-order valence-electron chi connectivity index (χ0n) is 12.9. The number of ether oxygens (including phenoxy) is 2. The molecule has 0 fully saturated rings. The van der Waals surface area contributed by atoms with Crippen LogP contribution in [0.15, 0.2) is 18.2 Å². The Morgan fingerprint density at radius 1 is 1.17 bits per heavy atom. The van der Waals surface area contributed by atoms with Gasteiger partial charge in [-0.1, -0.05) is 13.3 Å². The van der Waals surface area contributed by atoms with Gasteiger partial charge in [-0.2, -0.15) is 0 Å². The molecule has 1 aromatic rings. The van der Waals surface area contributed by atoms with Crippen molar-refractivity contribution in [2.75, 3.05) is 13.2 Å². The Morgan fingerprint density at radius 2 is 1.74 bits per heavy atom. The quantitative estimate of drug-likeness (QED) is 0.296. The summed E-state index contributed by atoms with van der Waals surface area (Å²) in [5.41, 5.74) is -1.33. The summed E-state index contributed by atoms with van der Waals surface area (Å²) in [4.78, 5) is 31.9. The Bertz CT molecular complexity index is 556. The molecular weight excluding hydrogens is 308 g/mol. The van der Waals surface area contributed by atoms with Gasteiger partial charge in [0.1, 0.15) is 6.10 Å². The summed E-state index contributed by atoms with van der Waals surface area (Å²) < 4.78 is 10.4. The number of carbonyl (C=O) groups excluding carboxylic acids is 1. The van der Waals surface area contributed by atoms with Crippen LogP contribution in [0.3, 0.4) is 0 Å². The maximum atomic E-state index is 12.0. The SMILES string of the molecule is CCCCOCC(C)OC(=O)c1cc([N+](=O)[O-])cc([N+](=O)[O-])c1. The average Bonchev–Trinajstić information content (AvgIpc) is 2.50. The molecule has 0 amide bonds. The summed E-state index contributed by atoms with van der Waals surface area (Å²) in [7, 11) is 0. The van der Waals surface area contributed by atoms with Crippen molar-refractivity contribution in [1.82, 2.24) is 0 Å². The van der Waals surface area contributed by atoms with Crippen LogP contribution in [0.1, 0.15) is 37.0 Å². The first-order valence-electron chi connectivity index (χ1n) is 7.07. The van der Waals surface area contributed by atoms with E-state index in [1.807, 2.05) is 6.92 Å². The summed E-state index contributed by atoms with van der Waals surface area (Å²) in [6.45, 7) is 4.35. The molecule has 0 radical (unpaired) electrons. The van der Waals surface area contributed by atoms with Gasteiger partial charge >= 0.3 is 5.97 Å². The van der Waals surface area contributed by atoms with Crippen LogP contribution >= 0.6 is 0 Å². The fourth-order valence-corrected chi connectivity index (χ4v) is 1.70. The molecule has 1 atom stereocenters. The molecule has 1 rings (SSSR count). The molecule has 0 N–H and O–H groups in total. The van der Waals surface area contributed by atoms with Crippen molar-refractivity contribution < 1.29 is 24.1 Å². The topological polar surface area (TPSA) is 122 Å². The largest absolute Gasteiger partial charge is 0.457 e. The predicted molar refractivity (Wildman–Crippen MR) is 80.4 cm³/mol. The predicted octanol–water partition coefficient (Wildman–Crippen LogP) is 2.87. The van der Waals surface area contributed by atoms with Crippen molar-refractivity contribution in [2.24, 2.45) is 0 Å². The van der Waals surface area contributed by atoms with Gasteiger partial charge in [-0.25, -0.2) is 4.79 Å². The Balaban J connectivity index is 2.78. The molecule has 9 nitrogen and oxygen atoms in total. The van der Waals surface area contributed by atoms with Crippen LogP contribution in [0, 0.1) is 20.2 Å². The number of benzene rings is 1. The maximum Gasteiger partial charge on any atom is 0.338 e. The number of unbranched alkanes of at least 4 members (excludes halogenated alkanes) is 1. The highest BCUT2D eigenvalue weighted by atomic mass is 16.6. The Morgan fingerprint density at radius 3 is 2.22 bits per heavy atom. The number of nitro benzene ring substituents is 2. The number of nitrogens with zero attached hydrogens (tertiary/aromatic N) is 2. The van der Waals surface area contributed by atoms with E-state index in [-0.39, 0.29) is 12.2 Å². The molecule has 0 bridgehead atoms. The lowest BCUT2D eigenvalue weighted by Crippen LogP contribution is -2.21. The number of hydrogen-bond acceptors (Lipinski definition) is 7. The molecule has 0 aliphatic carbocycles. The molecule has 0 aliphatic rings. The lowest BCUT2D eigenvalue weighted by Gasteiger charge is -2.13. The smallest absolute Gasteiger partial charge is 0.338 e. The van der Waals surface area contributed by atoms with E-state index in [1.54, 1.807) is 6.92 Å². The van der Waals surface area contributed by atoms with Crippen LogP contribution in [0.4, 0.5) is 11.4 Å². The molecule has 0 spiro atoms. The van der Waals surface area contributed by atoms with Crippen molar-refractivity contribution in [2.45, 2.75) is 32.8 Å². The second kappa shape index (κ2) is 8.79. The Hall–Kier alpha value is -2.55. The van der Waals surface area contributed by atoms with Gasteiger partial charge in [-0.15, -0.1) is 0 Å². The van der Waals surface area contributed by atoms with Crippen molar-refractivity contribution in [3.63, 3.8) is 0 Å². The number of esters is 1. The summed E-state index contributed by atoms with van der Waals surface area (Å²) in [5, 5.41) is 21.6. The van der Waals surface area contributed by atoms with E-state index >= 15 is 0 Å². The third-order valence-electron chi connectivity index (χ3n) is 2.86. The van der Waals surface area contributed by atoms with Crippen molar-refractivity contribution in [3.8, 4) is 0 Å². The monoisotopic (exact) mass is 326 g/mol. The second-order valence-corrected chi connectivity index (χ2v) is 4.90. The first-order valence-corrected chi connectivity index (χ1v) is 7.07. The molecular formula is C14H18N2O7. The summed E-state index contributed by atoms with van der Waals surface area (Å²) in [6.07, 6.45) is 1.29. The molecule has 0 saturated heterocycles. The van der Waals surface area contributed by atoms with Crippen LogP contribution < -0.4 is 0 Å². The second-order valence-electron chi connectivity index (χ2n) is 4.90. The van der Waals surface area contributed by atoms with E-state index in [9.17, 15) is 25.0 Å². The third-order valence-corrected chi connectivity index (χ3v) is 2.86. The molecule has 23 heavy (non-hydrogen) atoms. The van der Waals surface area contributed by atoms with Crippen LogP contribution in [0.2, 0.25) is 0 Å². The van der Waals surface area contributed by atoms with Gasteiger partial charge in [0, 0.05) is 18.7 Å². The maximum absolute atomic E-state index is 12.0. The minimum atomic E-state index is -0.872. The molecule has 0 heterocycles. The summed E-state index contributed by atoms with van der Waals surface area (Å²) >= 11 is 0. The van der Waals surface area contributed by atoms with Crippen LogP contribution in [0.5, 0.6) is 0 Å². The van der Waals surface area contributed by atoms with E-state index in [0.717, 1.165) is 31.0 Å². The normalized spacial score (nSPS) is 11.7. The Labute approximate surface area is 132 Å².